The SMILES string of the molecule is Cc1c(C(=O)NCC(=O)OCc2ccccc2)oc2ccccc12. The van der Waals surface area contributed by atoms with Crippen molar-refractivity contribution in [3.05, 3.63) is 71.5 Å². The number of furan rings is 1. The Kier molecular flexibility index (Phi) is 4.61. The van der Waals surface area contributed by atoms with Crippen LogP contribution in [0.25, 0.3) is 11.0 Å². The lowest BCUT2D eigenvalue weighted by Crippen LogP contribution is -2.30. The van der Waals surface area contributed by atoms with E-state index in [-0.39, 0.29) is 18.9 Å². The molecule has 1 heterocycles. The van der Waals surface area contributed by atoms with E-state index in [4.69, 9.17) is 9.15 Å². The van der Waals surface area contributed by atoms with Crippen LogP contribution in [0.3, 0.4) is 0 Å². The van der Waals surface area contributed by atoms with Crippen LogP contribution in [0, 0.1) is 6.92 Å². The largest absolute Gasteiger partial charge is 0.460 e. The second-order valence-electron chi connectivity index (χ2n) is 5.38. The van der Waals surface area contributed by atoms with E-state index in [0.717, 1.165) is 16.5 Å². The van der Waals surface area contributed by atoms with Gasteiger partial charge in [0.1, 0.15) is 18.7 Å². The van der Waals surface area contributed by atoms with Gasteiger partial charge in [0, 0.05) is 10.9 Å². The van der Waals surface area contributed by atoms with E-state index in [1.54, 1.807) is 6.07 Å². The van der Waals surface area contributed by atoms with E-state index in [2.05, 4.69) is 5.32 Å². The summed E-state index contributed by atoms with van der Waals surface area (Å²) in [5, 5.41) is 3.41. The third-order valence-corrected chi connectivity index (χ3v) is 3.69. The third kappa shape index (κ3) is 3.46. The van der Waals surface area contributed by atoms with E-state index in [0.29, 0.717) is 5.58 Å². The van der Waals surface area contributed by atoms with Gasteiger partial charge in [0.2, 0.25) is 0 Å². The topological polar surface area (TPSA) is 68.5 Å². The lowest BCUT2D eigenvalue weighted by Gasteiger charge is -2.06. The first-order valence-electron chi connectivity index (χ1n) is 7.61. The maximum atomic E-state index is 12.2. The number of fused-ring (bicyclic) bond motifs is 1. The molecule has 122 valence electrons. The molecule has 0 aliphatic heterocycles. The molecule has 1 aromatic heterocycles. The summed E-state index contributed by atoms with van der Waals surface area (Å²) in [7, 11) is 0. The van der Waals surface area contributed by atoms with Crippen molar-refractivity contribution in [1.29, 1.82) is 0 Å². The molecule has 1 amide bonds. The molecule has 0 bridgehead atoms. The molecule has 0 spiro atoms. The smallest absolute Gasteiger partial charge is 0.325 e. The molecule has 24 heavy (non-hydrogen) atoms. The summed E-state index contributed by atoms with van der Waals surface area (Å²) in [5.41, 5.74) is 2.29. The Morgan fingerprint density at radius 2 is 1.75 bits per heavy atom. The van der Waals surface area contributed by atoms with Gasteiger partial charge in [-0.3, -0.25) is 9.59 Å². The molecule has 0 atom stereocenters. The Morgan fingerprint density at radius 1 is 1.04 bits per heavy atom. The van der Waals surface area contributed by atoms with Crippen molar-refractivity contribution in [1.82, 2.24) is 5.32 Å². The van der Waals surface area contributed by atoms with E-state index in [1.165, 1.54) is 0 Å². The predicted octanol–water partition coefficient (Wildman–Crippen LogP) is 3.21. The molecule has 0 unspecified atom stereocenters. The molecule has 0 radical (unpaired) electrons. The van der Waals surface area contributed by atoms with Gasteiger partial charge in [0.15, 0.2) is 5.76 Å². The average Bonchev–Trinajstić information content (AvgIpc) is 2.96. The zero-order valence-corrected chi connectivity index (χ0v) is 13.2. The number of benzene rings is 2. The minimum absolute atomic E-state index is 0.180. The number of hydrogen-bond donors (Lipinski definition) is 1. The van der Waals surface area contributed by atoms with Gasteiger partial charge in [0.05, 0.1) is 0 Å². The normalized spacial score (nSPS) is 10.5. The number of aryl methyl sites for hydroxylation is 1. The molecule has 0 saturated carbocycles. The maximum absolute atomic E-state index is 12.2. The van der Waals surface area contributed by atoms with E-state index < -0.39 is 11.9 Å². The maximum Gasteiger partial charge on any atom is 0.325 e. The Bertz CT molecular complexity index is 867. The highest BCUT2D eigenvalue weighted by atomic mass is 16.5. The van der Waals surface area contributed by atoms with Gasteiger partial charge in [-0.2, -0.15) is 0 Å². The zero-order valence-electron chi connectivity index (χ0n) is 13.2. The molecule has 5 nitrogen and oxygen atoms in total. The summed E-state index contributed by atoms with van der Waals surface area (Å²) in [5.74, 6) is -0.714. The molecular formula is C19H17NO4. The fourth-order valence-electron chi connectivity index (χ4n) is 2.41. The Labute approximate surface area is 139 Å². The Hall–Kier alpha value is -3.08. The highest BCUT2D eigenvalue weighted by Gasteiger charge is 2.18. The van der Waals surface area contributed by atoms with Crippen molar-refractivity contribution in [2.75, 3.05) is 6.54 Å². The quantitative estimate of drug-likeness (QED) is 0.732. The molecule has 2 aromatic carbocycles. The lowest BCUT2D eigenvalue weighted by molar-refractivity contribution is -0.143. The molecule has 3 aromatic rings. The number of amides is 1. The van der Waals surface area contributed by atoms with Crippen molar-refractivity contribution in [3.63, 3.8) is 0 Å². The molecule has 5 heteroatoms. The predicted molar refractivity (Wildman–Crippen MR) is 89.5 cm³/mol. The number of nitrogens with one attached hydrogen (secondary N) is 1. The number of rotatable bonds is 5. The summed E-state index contributed by atoms with van der Waals surface area (Å²) < 4.78 is 10.7. The minimum atomic E-state index is -0.499. The standard InChI is InChI=1S/C19H17NO4/c1-13-15-9-5-6-10-16(15)24-18(13)19(22)20-11-17(21)23-12-14-7-3-2-4-8-14/h2-10H,11-12H2,1H3,(H,20,22). The van der Waals surface area contributed by atoms with Gasteiger partial charge < -0.3 is 14.5 Å². The van der Waals surface area contributed by atoms with Crippen LogP contribution in [0.15, 0.2) is 59.0 Å². The second-order valence-corrected chi connectivity index (χ2v) is 5.38. The Morgan fingerprint density at radius 3 is 2.50 bits per heavy atom. The minimum Gasteiger partial charge on any atom is -0.460 e. The first-order chi connectivity index (χ1) is 11.6. The number of para-hydroxylation sites is 1. The molecule has 3 rings (SSSR count). The first kappa shape index (κ1) is 15.8. The van der Waals surface area contributed by atoms with E-state index in [9.17, 15) is 9.59 Å². The van der Waals surface area contributed by atoms with Gasteiger partial charge in [-0.05, 0) is 18.6 Å². The monoisotopic (exact) mass is 323 g/mol. The van der Waals surface area contributed by atoms with Crippen LogP contribution in [0.1, 0.15) is 21.7 Å². The van der Waals surface area contributed by atoms with Crippen LogP contribution >= 0.6 is 0 Å². The number of ether oxygens (including phenoxy) is 1. The number of esters is 1. The summed E-state index contributed by atoms with van der Waals surface area (Å²) >= 11 is 0. The lowest BCUT2D eigenvalue weighted by atomic mass is 10.1. The average molecular weight is 323 g/mol. The van der Waals surface area contributed by atoms with Crippen molar-refractivity contribution < 1.29 is 18.7 Å². The van der Waals surface area contributed by atoms with Crippen LogP contribution in [0.2, 0.25) is 0 Å². The summed E-state index contributed by atoms with van der Waals surface area (Å²) in [6.45, 7) is 1.79. The molecule has 0 fully saturated rings. The van der Waals surface area contributed by atoms with Crippen LogP contribution < -0.4 is 5.32 Å². The first-order valence-corrected chi connectivity index (χ1v) is 7.61. The molecule has 1 N–H and O–H groups in total. The van der Waals surface area contributed by atoms with E-state index in [1.807, 2.05) is 55.5 Å². The Balaban J connectivity index is 1.56. The van der Waals surface area contributed by atoms with Gasteiger partial charge >= 0.3 is 5.97 Å². The van der Waals surface area contributed by atoms with Crippen LogP contribution in [0.5, 0.6) is 0 Å². The molecular weight excluding hydrogens is 306 g/mol. The van der Waals surface area contributed by atoms with Gasteiger partial charge in [-0.15, -0.1) is 0 Å². The number of hydrogen-bond acceptors (Lipinski definition) is 4. The summed E-state index contributed by atoms with van der Waals surface area (Å²) in [6.07, 6.45) is 0. The van der Waals surface area contributed by atoms with Crippen molar-refractivity contribution in [2.24, 2.45) is 0 Å². The van der Waals surface area contributed by atoms with Crippen molar-refractivity contribution in [2.45, 2.75) is 13.5 Å². The van der Waals surface area contributed by atoms with Gasteiger partial charge in [-0.25, -0.2) is 0 Å². The fourth-order valence-corrected chi connectivity index (χ4v) is 2.41. The molecule has 0 aliphatic carbocycles. The zero-order chi connectivity index (χ0) is 16.9. The van der Waals surface area contributed by atoms with Crippen LogP contribution in [-0.2, 0) is 16.1 Å². The molecule has 0 saturated heterocycles. The molecule has 0 aliphatic rings. The van der Waals surface area contributed by atoms with Gasteiger partial charge in [-0.1, -0.05) is 48.5 Å². The van der Waals surface area contributed by atoms with Crippen LogP contribution in [-0.4, -0.2) is 18.4 Å². The highest BCUT2D eigenvalue weighted by Crippen LogP contribution is 2.24. The fraction of sp³-hybridized carbons (Fsp3) is 0.158. The van der Waals surface area contributed by atoms with E-state index >= 15 is 0 Å². The summed E-state index contributed by atoms with van der Waals surface area (Å²) in [6, 6.07) is 16.8. The second kappa shape index (κ2) is 7.00. The van der Waals surface area contributed by atoms with Crippen LogP contribution in [0.4, 0.5) is 0 Å². The third-order valence-electron chi connectivity index (χ3n) is 3.69. The highest BCUT2D eigenvalue weighted by molar-refractivity contribution is 5.99. The summed E-state index contributed by atoms with van der Waals surface area (Å²) in [4.78, 5) is 23.9. The van der Waals surface area contributed by atoms with Gasteiger partial charge in [0.25, 0.3) is 5.91 Å². The van der Waals surface area contributed by atoms with Crippen molar-refractivity contribution in [3.8, 4) is 0 Å². The van der Waals surface area contributed by atoms with Crippen molar-refractivity contribution >= 4 is 22.8 Å². The number of carbonyl (C=O) groups excluding carboxylic acids is 2. The number of carbonyl (C=O) groups is 2.